The lowest BCUT2D eigenvalue weighted by molar-refractivity contribution is -0.384. The topological polar surface area (TPSA) is 61.0 Å². The maximum atomic E-state index is 14.5. The Bertz CT molecular complexity index is 954. The number of aromatic nitrogens is 2. The number of hydrogen-bond acceptors (Lipinski definition) is 4. The van der Waals surface area contributed by atoms with E-state index in [4.69, 9.17) is 12.2 Å². The van der Waals surface area contributed by atoms with Gasteiger partial charge in [0.25, 0.3) is 5.69 Å². The van der Waals surface area contributed by atoms with Crippen molar-refractivity contribution < 1.29 is 9.31 Å². The summed E-state index contributed by atoms with van der Waals surface area (Å²) < 4.78 is 16.3. The summed E-state index contributed by atoms with van der Waals surface area (Å²) in [6, 6.07) is 11.2. The standard InChI is InChI=1S/C15H10FN3O2S/c1-9-17-15(22)12-7-11(19(20)21)8-13(16)14(12)18(9)10-5-3-2-4-6-10/h2-8H,1H3. The van der Waals surface area contributed by atoms with E-state index in [0.717, 1.165) is 6.07 Å². The number of para-hydroxylation sites is 1. The lowest BCUT2D eigenvalue weighted by Crippen LogP contribution is -2.07. The van der Waals surface area contributed by atoms with Gasteiger partial charge in [-0.1, -0.05) is 30.4 Å². The van der Waals surface area contributed by atoms with Crippen molar-refractivity contribution in [1.82, 2.24) is 9.55 Å². The Kier molecular flexibility index (Phi) is 3.42. The average molecular weight is 315 g/mol. The van der Waals surface area contributed by atoms with Crippen molar-refractivity contribution in [3.05, 3.63) is 68.9 Å². The third-order valence-corrected chi connectivity index (χ3v) is 3.63. The number of hydrogen-bond donors (Lipinski definition) is 0. The smallest absolute Gasteiger partial charge is 0.273 e. The van der Waals surface area contributed by atoms with Crippen molar-refractivity contribution in [2.75, 3.05) is 0 Å². The molecule has 7 heteroatoms. The molecule has 0 unspecified atom stereocenters. The minimum Gasteiger partial charge on any atom is -0.295 e. The van der Waals surface area contributed by atoms with Crippen molar-refractivity contribution in [3.63, 3.8) is 0 Å². The molecule has 0 N–H and O–H groups in total. The van der Waals surface area contributed by atoms with Crippen LogP contribution in [0, 0.1) is 27.5 Å². The molecule has 2 aromatic carbocycles. The highest BCUT2D eigenvalue weighted by molar-refractivity contribution is 7.71. The molecule has 3 aromatic rings. The maximum absolute atomic E-state index is 14.5. The quantitative estimate of drug-likeness (QED) is 0.405. The van der Waals surface area contributed by atoms with E-state index in [9.17, 15) is 14.5 Å². The Morgan fingerprint density at radius 3 is 2.59 bits per heavy atom. The van der Waals surface area contributed by atoms with E-state index in [-0.39, 0.29) is 21.2 Å². The van der Waals surface area contributed by atoms with Crippen LogP contribution in [-0.2, 0) is 0 Å². The lowest BCUT2D eigenvalue weighted by Gasteiger charge is -2.14. The second-order valence-corrected chi connectivity index (χ2v) is 5.10. The SMILES string of the molecule is Cc1nc(=S)c2cc([N+](=O)[O-])cc(F)c2n1-c1ccccc1. The molecule has 0 fully saturated rings. The summed E-state index contributed by atoms with van der Waals surface area (Å²) >= 11 is 5.14. The molecule has 1 heterocycles. The van der Waals surface area contributed by atoms with Gasteiger partial charge in [0.15, 0.2) is 5.82 Å². The molecule has 22 heavy (non-hydrogen) atoms. The van der Waals surface area contributed by atoms with Gasteiger partial charge in [0.05, 0.1) is 16.5 Å². The van der Waals surface area contributed by atoms with Gasteiger partial charge < -0.3 is 0 Å². The second kappa shape index (κ2) is 5.27. The fourth-order valence-corrected chi connectivity index (χ4v) is 2.68. The second-order valence-electron chi connectivity index (χ2n) is 4.72. The summed E-state index contributed by atoms with van der Waals surface area (Å²) in [7, 11) is 0. The van der Waals surface area contributed by atoms with Crippen LogP contribution in [0.3, 0.4) is 0 Å². The predicted molar refractivity (Wildman–Crippen MR) is 83.3 cm³/mol. The number of nitro groups is 1. The van der Waals surface area contributed by atoms with Crippen LogP contribution < -0.4 is 0 Å². The van der Waals surface area contributed by atoms with Crippen molar-refractivity contribution in [2.45, 2.75) is 6.92 Å². The largest absolute Gasteiger partial charge is 0.295 e. The average Bonchev–Trinajstić information content (AvgIpc) is 2.49. The summed E-state index contributed by atoms with van der Waals surface area (Å²) in [5.41, 5.74) is 0.552. The Morgan fingerprint density at radius 2 is 1.95 bits per heavy atom. The number of fused-ring (bicyclic) bond motifs is 1. The predicted octanol–water partition coefficient (Wildman–Crippen LogP) is 4.11. The molecular formula is C15H10FN3O2S. The molecule has 0 aliphatic carbocycles. The highest BCUT2D eigenvalue weighted by atomic mass is 32.1. The minimum absolute atomic E-state index is 0.141. The molecule has 0 spiro atoms. The molecule has 110 valence electrons. The Balaban J connectivity index is 2.49. The zero-order chi connectivity index (χ0) is 15.9. The molecule has 0 atom stereocenters. The normalized spacial score (nSPS) is 10.8. The molecular weight excluding hydrogens is 305 g/mol. The van der Waals surface area contributed by atoms with E-state index < -0.39 is 10.7 Å². The van der Waals surface area contributed by atoms with E-state index in [1.807, 2.05) is 18.2 Å². The summed E-state index contributed by atoms with van der Waals surface area (Å²) in [6.07, 6.45) is 0. The van der Waals surface area contributed by atoms with Crippen molar-refractivity contribution >= 4 is 28.8 Å². The van der Waals surface area contributed by atoms with Crippen LogP contribution in [0.15, 0.2) is 42.5 Å². The van der Waals surface area contributed by atoms with Gasteiger partial charge in [-0.3, -0.25) is 14.7 Å². The van der Waals surface area contributed by atoms with Crippen molar-refractivity contribution in [3.8, 4) is 5.69 Å². The van der Waals surface area contributed by atoms with Crippen LogP contribution in [0.2, 0.25) is 0 Å². The minimum atomic E-state index is -0.704. The molecule has 0 aliphatic rings. The molecule has 0 amide bonds. The fraction of sp³-hybridized carbons (Fsp3) is 0.0667. The molecule has 3 rings (SSSR count). The van der Waals surface area contributed by atoms with E-state index in [0.29, 0.717) is 11.5 Å². The number of rotatable bonds is 2. The monoisotopic (exact) mass is 315 g/mol. The Labute approximate surface area is 129 Å². The number of benzene rings is 2. The molecule has 0 bridgehead atoms. The van der Waals surface area contributed by atoms with Crippen LogP contribution in [0.5, 0.6) is 0 Å². The zero-order valence-electron chi connectivity index (χ0n) is 11.5. The first-order valence-electron chi connectivity index (χ1n) is 6.42. The first kappa shape index (κ1) is 14.3. The number of non-ortho nitro benzene ring substituents is 1. The van der Waals surface area contributed by atoms with Crippen LogP contribution in [0.25, 0.3) is 16.6 Å². The van der Waals surface area contributed by atoms with E-state index in [1.165, 1.54) is 6.07 Å². The highest BCUT2D eigenvalue weighted by Crippen LogP contribution is 2.27. The lowest BCUT2D eigenvalue weighted by atomic mass is 10.2. The summed E-state index contributed by atoms with van der Waals surface area (Å²) in [5, 5.41) is 11.2. The molecule has 1 aromatic heterocycles. The zero-order valence-corrected chi connectivity index (χ0v) is 12.3. The van der Waals surface area contributed by atoms with E-state index in [2.05, 4.69) is 4.98 Å². The number of aryl methyl sites for hydroxylation is 1. The first-order valence-corrected chi connectivity index (χ1v) is 6.82. The van der Waals surface area contributed by atoms with Gasteiger partial charge in [-0.05, 0) is 19.1 Å². The molecule has 0 radical (unpaired) electrons. The molecule has 5 nitrogen and oxygen atoms in total. The van der Waals surface area contributed by atoms with Crippen LogP contribution >= 0.6 is 12.2 Å². The van der Waals surface area contributed by atoms with Gasteiger partial charge in [0, 0.05) is 17.1 Å². The molecule has 0 aliphatic heterocycles. The molecule has 0 saturated carbocycles. The maximum Gasteiger partial charge on any atom is 0.273 e. The molecule has 0 saturated heterocycles. The van der Waals surface area contributed by atoms with Gasteiger partial charge in [0.1, 0.15) is 10.5 Å². The summed E-state index contributed by atoms with van der Waals surface area (Å²) in [6.45, 7) is 1.71. The van der Waals surface area contributed by atoms with Gasteiger partial charge in [-0.25, -0.2) is 9.37 Å². The Morgan fingerprint density at radius 1 is 1.27 bits per heavy atom. The van der Waals surface area contributed by atoms with Gasteiger partial charge in [-0.15, -0.1) is 0 Å². The van der Waals surface area contributed by atoms with Crippen molar-refractivity contribution in [1.29, 1.82) is 0 Å². The Hall–Kier alpha value is -2.67. The van der Waals surface area contributed by atoms with Crippen LogP contribution in [0.1, 0.15) is 5.82 Å². The van der Waals surface area contributed by atoms with Crippen LogP contribution in [0.4, 0.5) is 10.1 Å². The fourth-order valence-electron chi connectivity index (χ4n) is 2.39. The first-order chi connectivity index (χ1) is 10.5. The van der Waals surface area contributed by atoms with E-state index >= 15 is 0 Å². The summed E-state index contributed by atoms with van der Waals surface area (Å²) in [5.74, 6) is -0.193. The van der Waals surface area contributed by atoms with Gasteiger partial charge in [0.2, 0.25) is 0 Å². The highest BCUT2D eigenvalue weighted by Gasteiger charge is 2.17. The number of halogens is 1. The van der Waals surface area contributed by atoms with Gasteiger partial charge >= 0.3 is 0 Å². The van der Waals surface area contributed by atoms with E-state index in [1.54, 1.807) is 23.6 Å². The van der Waals surface area contributed by atoms with Crippen LogP contribution in [-0.4, -0.2) is 14.5 Å². The number of nitrogens with zero attached hydrogens (tertiary/aromatic N) is 3. The third-order valence-electron chi connectivity index (χ3n) is 3.31. The van der Waals surface area contributed by atoms with Gasteiger partial charge in [-0.2, -0.15) is 0 Å². The third kappa shape index (κ3) is 2.25. The summed E-state index contributed by atoms with van der Waals surface area (Å²) in [4.78, 5) is 14.5. The number of nitro benzene ring substituents is 1. The van der Waals surface area contributed by atoms with Crippen molar-refractivity contribution in [2.24, 2.45) is 0 Å².